The van der Waals surface area contributed by atoms with Crippen LogP contribution >= 0.6 is 0 Å². The minimum absolute atomic E-state index is 0.0443. The van der Waals surface area contributed by atoms with E-state index in [1.54, 1.807) is 18.2 Å². The van der Waals surface area contributed by atoms with E-state index in [0.717, 1.165) is 38.4 Å². The highest BCUT2D eigenvalue weighted by Gasteiger charge is 2.22. The van der Waals surface area contributed by atoms with Gasteiger partial charge in [0.2, 0.25) is 0 Å². The molecule has 9 heteroatoms. The summed E-state index contributed by atoms with van der Waals surface area (Å²) in [4.78, 5) is 37.4. The van der Waals surface area contributed by atoms with Crippen LogP contribution in [0.5, 0.6) is 0 Å². The standard InChI is InChI=1S/C21H23N3O6/c1-15(20(25)22-18-4-2-3-5-19(18)24(27)28)30-21(26)17-8-6-16(7-9-17)14-23-10-12-29-13-11-23/h2-9,15H,10-14H2,1H3,(H,22,25)/t15-/m0/s1. The van der Waals surface area contributed by atoms with Crippen molar-refractivity contribution in [3.05, 3.63) is 69.8 Å². The van der Waals surface area contributed by atoms with Crippen molar-refractivity contribution in [1.29, 1.82) is 0 Å². The molecule has 1 atom stereocenters. The van der Waals surface area contributed by atoms with E-state index in [0.29, 0.717) is 5.56 Å². The third-order valence-electron chi connectivity index (χ3n) is 4.71. The molecule has 0 bridgehead atoms. The molecule has 30 heavy (non-hydrogen) atoms. The van der Waals surface area contributed by atoms with Gasteiger partial charge in [0.25, 0.3) is 11.6 Å². The van der Waals surface area contributed by atoms with Crippen LogP contribution < -0.4 is 5.32 Å². The first-order valence-electron chi connectivity index (χ1n) is 9.58. The number of carbonyl (C=O) groups is 2. The highest BCUT2D eigenvalue weighted by molar-refractivity contribution is 5.98. The second-order valence-corrected chi connectivity index (χ2v) is 6.90. The summed E-state index contributed by atoms with van der Waals surface area (Å²) in [7, 11) is 0. The van der Waals surface area contributed by atoms with Gasteiger partial charge in [0.05, 0.1) is 23.7 Å². The zero-order valence-corrected chi connectivity index (χ0v) is 16.6. The molecule has 3 rings (SSSR count). The summed E-state index contributed by atoms with van der Waals surface area (Å²) in [6.45, 7) is 5.36. The average Bonchev–Trinajstić information content (AvgIpc) is 2.75. The number of carbonyl (C=O) groups excluding carboxylic acids is 2. The molecule has 9 nitrogen and oxygen atoms in total. The molecule has 2 aromatic rings. The fourth-order valence-corrected chi connectivity index (χ4v) is 3.02. The molecular formula is C21H23N3O6. The van der Waals surface area contributed by atoms with Crippen LogP contribution in [0.15, 0.2) is 48.5 Å². The molecule has 158 valence electrons. The maximum absolute atomic E-state index is 12.4. The molecule has 1 fully saturated rings. The third-order valence-corrected chi connectivity index (χ3v) is 4.71. The van der Waals surface area contributed by atoms with Crippen LogP contribution in [0.4, 0.5) is 11.4 Å². The Morgan fingerprint density at radius 3 is 2.50 bits per heavy atom. The molecule has 0 spiro atoms. The van der Waals surface area contributed by atoms with E-state index in [2.05, 4.69) is 10.2 Å². The number of nitro benzene ring substituents is 1. The van der Waals surface area contributed by atoms with Gasteiger partial charge in [-0.3, -0.25) is 19.8 Å². The molecule has 2 aromatic carbocycles. The number of nitrogens with zero attached hydrogens (tertiary/aromatic N) is 2. The zero-order chi connectivity index (χ0) is 21.5. The monoisotopic (exact) mass is 413 g/mol. The molecule has 0 aliphatic carbocycles. The van der Waals surface area contributed by atoms with Crippen molar-refractivity contribution in [3.8, 4) is 0 Å². The van der Waals surface area contributed by atoms with Gasteiger partial charge in [0.1, 0.15) is 5.69 Å². The third kappa shape index (κ3) is 5.62. The summed E-state index contributed by atoms with van der Waals surface area (Å²) >= 11 is 0. The highest BCUT2D eigenvalue weighted by Crippen LogP contribution is 2.23. The quantitative estimate of drug-likeness (QED) is 0.422. The summed E-state index contributed by atoms with van der Waals surface area (Å²) in [5.74, 6) is -1.29. The van der Waals surface area contributed by atoms with Gasteiger partial charge in [-0.25, -0.2) is 4.79 Å². The van der Waals surface area contributed by atoms with Gasteiger partial charge in [-0.15, -0.1) is 0 Å². The largest absolute Gasteiger partial charge is 0.449 e. The number of nitro groups is 1. The van der Waals surface area contributed by atoms with Crippen molar-refractivity contribution in [2.24, 2.45) is 0 Å². The zero-order valence-electron chi connectivity index (χ0n) is 16.6. The van der Waals surface area contributed by atoms with E-state index < -0.39 is 22.9 Å². The Hall–Kier alpha value is -3.30. The van der Waals surface area contributed by atoms with Crippen LogP contribution in [0.1, 0.15) is 22.8 Å². The SMILES string of the molecule is C[C@H](OC(=O)c1ccc(CN2CCOCC2)cc1)C(=O)Nc1ccccc1[N+](=O)[O-]. The molecule has 1 amide bonds. The lowest BCUT2D eigenvalue weighted by atomic mass is 10.1. The van der Waals surface area contributed by atoms with E-state index in [1.807, 2.05) is 12.1 Å². The number of nitrogens with one attached hydrogen (secondary N) is 1. The summed E-state index contributed by atoms with van der Waals surface area (Å²) in [5.41, 5.74) is 1.20. The lowest BCUT2D eigenvalue weighted by molar-refractivity contribution is -0.383. The minimum atomic E-state index is -1.12. The van der Waals surface area contributed by atoms with Crippen molar-refractivity contribution >= 4 is 23.3 Å². The number of hydrogen-bond donors (Lipinski definition) is 1. The van der Waals surface area contributed by atoms with Crippen molar-refractivity contribution in [1.82, 2.24) is 4.90 Å². The molecule has 0 radical (unpaired) electrons. The van der Waals surface area contributed by atoms with Gasteiger partial charge >= 0.3 is 5.97 Å². The fraction of sp³-hybridized carbons (Fsp3) is 0.333. The summed E-state index contributed by atoms with van der Waals surface area (Å²) in [6.07, 6.45) is -1.12. The fourth-order valence-electron chi connectivity index (χ4n) is 3.02. The Bertz CT molecular complexity index is 909. The normalized spacial score (nSPS) is 15.2. The molecule has 1 aliphatic rings. The molecular weight excluding hydrogens is 390 g/mol. The van der Waals surface area contributed by atoms with E-state index in [4.69, 9.17) is 9.47 Å². The van der Waals surface area contributed by atoms with Crippen molar-refractivity contribution in [2.75, 3.05) is 31.6 Å². The number of anilines is 1. The summed E-state index contributed by atoms with van der Waals surface area (Å²) in [6, 6.07) is 12.8. The molecule has 1 N–H and O–H groups in total. The average molecular weight is 413 g/mol. The molecule has 1 saturated heterocycles. The van der Waals surface area contributed by atoms with Gasteiger partial charge < -0.3 is 14.8 Å². The maximum atomic E-state index is 12.4. The van der Waals surface area contributed by atoms with E-state index in [1.165, 1.54) is 25.1 Å². The Morgan fingerprint density at radius 1 is 1.17 bits per heavy atom. The van der Waals surface area contributed by atoms with E-state index >= 15 is 0 Å². The second-order valence-electron chi connectivity index (χ2n) is 6.90. The Balaban J connectivity index is 1.55. The Kier molecular flexibility index (Phi) is 7.10. The van der Waals surface area contributed by atoms with Crippen LogP contribution in [0.3, 0.4) is 0 Å². The number of rotatable bonds is 7. The second kappa shape index (κ2) is 9.95. The van der Waals surface area contributed by atoms with Gasteiger partial charge in [-0.2, -0.15) is 0 Å². The van der Waals surface area contributed by atoms with E-state index in [-0.39, 0.29) is 11.4 Å². The number of para-hydroxylation sites is 2. The lowest BCUT2D eigenvalue weighted by Crippen LogP contribution is -2.35. The van der Waals surface area contributed by atoms with Gasteiger partial charge in [0, 0.05) is 25.7 Å². The van der Waals surface area contributed by atoms with E-state index in [9.17, 15) is 19.7 Å². The predicted molar refractivity (Wildman–Crippen MR) is 109 cm³/mol. The molecule has 0 aromatic heterocycles. The molecule has 0 unspecified atom stereocenters. The van der Waals surface area contributed by atoms with Gasteiger partial charge in [-0.1, -0.05) is 24.3 Å². The van der Waals surface area contributed by atoms with Gasteiger partial charge in [0.15, 0.2) is 6.10 Å². The van der Waals surface area contributed by atoms with Crippen molar-refractivity contribution in [3.63, 3.8) is 0 Å². The first kappa shape index (κ1) is 21.4. The number of ether oxygens (including phenoxy) is 2. The predicted octanol–water partition coefficient (Wildman–Crippen LogP) is 2.61. The van der Waals surface area contributed by atoms with Gasteiger partial charge in [-0.05, 0) is 30.7 Å². The first-order valence-corrected chi connectivity index (χ1v) is 9.58. The van der Waals surface area contributed by atoms with Crippen molar-refractivity contribution < 1.29 is 24.0 Å². The van der Waals surface area contributed by atoms with Crippen LogP contribution in [0, 0.1) is 10.1 Å². The molecule has 1 aliphatic heterocycles. The topological polar surface area (TPSA) is 111 Å². The first-order chi connectivity index (χ1) is 14.4. The Labute approximate surface area is 173 Å². The Morgan fingerprint density at radius 2 is 1.83 bits per heavy atom. The summed E-state index contributed by atoms with van der Waals surface area (Å²) < 4.78 is 10.5. The number of hydrogen-bond acceptors (Lipinski definition) is 7. The van der Waals surface area contributed by atoms with Crippen LogP contribution in [0.2, 0.25) is 0 Å². The van der Waals surface area contributed by atoms with Crippen molar-refractivity contribution in [2.45, 2.75) is 19.6 Å². The molecule has 1 heterocycles. The number of morpholine rings is 1. The highest BCUT2D eigenvalue weighted by atomic mass is 16.6. The number of benzene rings is 2. The van der Waals surface area contributed by atoms with Crippen LogP contribution in [-0.2, 0) is 20.8 Å². The van der Waals surface area contributed by atoms with Crippen LogP contribution in [-0.4, -0.2) is 54.1 Å². The maximum Gasteiger partial charge on any atom is 0.338 e. The summed E-state index contributed by atoms with van der Waals surface area (Å²) in [5, 5.41) is 13.5. The molecule has 0 saturated carbocycles. The smallest absolute Gasteiger partial charge is 0.338 e. The number of esters is 1. The lowest BCUT2D eigenvalue weighted by Gasteiger charge is -2.26. The number of amides is 1. The minimum Gasteiger partial charge on any atom is -0.449 e. The van der Waals surface area contributed by atoms with Crippen LogP contribution in [0.25, 0.3) is 0 Å².